The van der Waals surface area contributed by atoms with Crippen LogP contribution < -0.4 is 0 Å². The molecule has 0 aromatic rings. The van der Waals surface area contributed by atoms with Crippen LogP contribution in [0.15, 0.2) is 48.6 Å². The van der Waals surface area contributed by atoms with Crippen molar-refractivity contribution in [3.05, 3.63) is 48.6 Å². The molecule has 0 heterocycles. The van der Waals surface area contributed by atoms with Gasteiger partial charge in [0.15, 0.2) is 0 Å². The Hall–Kier alpha value is -1.61. The number of ether oxygens (including phenoxy) is 2. The van der Waals surface area contributed by atoms with Gasteiger partial charge in [-0.2, -0.15) is 0 Å². The van der Waals surface area contributed by atoms with Crippen LogP contribution in [0.25, 0.3) is 0 Å². The van der Waals surface area contributed by atoms with E-state index in [0.717, 1.165) is 32.1 Å². The molecule has 0 aliphatic heterocycles. The quantitative estimate of drug-likeness (QED) is 0.172. The van der Waals surface area contributed by atoms with E-state index in [4.69, 9.17) is 9.47 Å². The number of hydrogen-bond acceptors (Lipinski definition) is 3. The summed E-state index contributed by atoms with van der Waals surface area (Å²) < 4.78 is 9.83. The van der Waals surface area contributed by atoms with Gasteiger partial charge < -0.3 is 9.47 Å². The standard InChI is InChI=1S/C23H38O3/c1-3-4-5-6-7-8-9-10-11-12-13-14-15-16-17-18-19-20-23(24)26-22-21-25-2/h7-8,10-11,13-14,16-17H,3-6,9,12,15,18-22H2,1-2H3/b8-7-,11-10-,14-13-,17-16-. The van der Waals surface area contributed by atoms with E-state index in [1.54, 1.807) is 7.11 Å². The van der Waals surface area contributed by atoms with Crippen molar-refractivity contribution in [2.45, 2.75) is 71.1 Å². The van der Waals surface area contributed by atoms with Crippen molar-refractivity contribution >= 4 is 5.97 Å². The first kappa shape index (κ1) is 24.4. The highest BCUT2D eigenvalue weighted by Crippen LogP contribution is 2.02. The molecule has 0 aliphatic rings. The Bertz CT molecular complexity index is 419. The number of esters is 1. The van der Waals surface area contributed by atoms with E-state index in [1.807, 2.05) is 0 Å². The molecule has 148 valence electrons. The number of hydrogen-bond donors (Lipinski definition) is 0. The minimum Gasteiger partial charge on any atom is -0.463 e. The number of unbranched alkanes of at least 4 members (excludes halogenated alkanes) is 4. The molecular weight excluding hydrogens is 324 g/mol. The second-order valence-electron chi connectivity index (χ2n) is 6.19. The fourth-order valence-electron chi connectivity index (χ4n) is 2.24. The number of carbonyl (C=O) groups excluding carboxylic acids is 1. The van der Waals surface area contributed by atoms with E-state index in [1.165, 1.54) is 25.7 Å². The van der Waals surface area contributed by atoms with Crippen molar-refractivity contribution < 1.29 is 14.3 Å². The first-order chi connectivity index (χ1) is 12.8. The normalized spacial score (nSPS) is 12.2. The van der Waals surface area contributed by atoms with Crippen LogP contribution in [0.3, 0.4) is 0 Å². The molecule has 0 aliphatic carbocycles. The smallest absolute Gasteiger partial charge is 0.305 e. The van der Waals surface area contributed by atoms with Crippen LogP contribution in [0.5, 0.6) is 0 Å². The Morgan fingerprint density at radius 1 is 0.731 bits per heavy atom. The lowest BCUT2D eigenvalue weighted by molar-refractivity contribution is -0.144. The highest BCUT2D eigenvalue weighted by Gasteiger charge is 2.00. The number of rotatable bonds is 17. The van der Waals surface area contributed by atoms with Gasteiger partial charge in [0.1, 0.15) is 6.61 Å². The third-order valence-corrected chi connectivity index (χ3v) is 3.76. The largest absolute Gasteiger partial charge is 0.463 e. The molecule has 0 aromatic heterocycles. The van der Waals surface area contributed by atoms with Crippen LogP contribution in [0, 0.1) is 0 Å². The molecule has 0 unspecified atom stereocenters. The van der Waals surface area contributed by atoms with Gasteiger partial charge in [0, 0.05) is 13.5 Å². The van der Waals surface area contributed by atoms with E-state index < -0.39 is 0 Å². The van der Waals surface area contributed by atoms with E-state index >= 15 is 0 Å². The lowest BCUT2D eigenvalue weighted by atomic mass is 10.2. The molecule has 0 radical (unpaired) electrons. The SMILES string of the molecule is CCCCC/C=C\C/C=C\C/C=C\C/C=C\CCCC(=O)OCCOC. The highest BCUT2D eigenvalue weighted by atomic mass is 16.6. The molecular formula is C23H38O3. The average molecular weight is 363 g/mol. The molecule has 0 rings (SSSR count). The van der Waals surface area contributed by atoms with Crippen LogP contribution in [0.4, 0.5) is 0 Å². The molecule has 0 amide bonds. The van der Waals surface area contributed by atoms with Gasteiger partial charge in [-0.25, -0.2) is 0 Å². The number of allylic oxidation sites excluding steroid dienone is 8. The van der Waals surface area contributed by atoms with E-state index in [0.29, 0.717) is 19.6 Å². The lowest BCUT2D eigenvalue weighted by Gasteiger charge is -2.02. The Balaban J connectivity index is 3.44. The van der Waals surface area contributed by atoms with Gasteiger partial charge >= 0.3 is 5.97 Å². The first-order valence-electron chi connectivity index (χ1n) is 10.1. The fourth-order valence-corrected chi connectivity index (χ4v) is 2.24. The molecule has 0 N–H and O–H groups in total. The summed E-state index contributed by atoms with van der Waals surface area (Å²) in [5, 5.41) is 0. The van der Waals surface area contributed by atoms with Crippen LogP contribution in [0.1, 0.15) is 71.1 Å². The van der Waals surface area contributed by atoms with Crippen molar-refractivity contribution in [3.63, 3.8) is 0 Å². The minimum atomic E-state index is -0.141. The summed E-state index contributed by atoms with van der Waals surface area (Å²) in [6.45, 7) is 3.04. The van der Waals surface area contributed by atoms with Gasteiger partial charge in [0.25, 0.3) is 0 Å². The second kappa shape index (κ2) is 21.4. The summed E-state index contributed by atoms with van der Waals surface area (Å²) in [5.74, 6) is -0.141. The summed E-state index contributed by atoms with van der Waals surface area (Å²) in [6.07, 6.45) is 28.0. The maximum atomic E-state index is 11.4. The molecule has 0 saturated carbocycles. The van der Waals surface area contributed by atoms with E-state index in [2.05, 4.69) is 55.5 Å². The summed E-state index contributed by atoms with van der Waals surface area (Å²) >= 11 is 0. The van der Waals surface area contributed by atoms with Crippen molar-refractivity contribution in [3.8, 4) is 0 Å². The van der Waals surface area contributed by atoms with Gasteiger partial charge in [0.05, 0.1) is 6.61 Å². The summed E-state index contributed by atoms with van der Waals surface area (Å²) in [4.78, 5) is 11.4. The van der Waals surface area contributed by atoms with Crippen molar-refractivity contribution in [2.24, 2.45) is 0 Å². The number of methoxy groups -OCH3 is 1. The Kier molecular flexibility index (Phi) is 20.1. The van der Waals surface area contributed by atoms with Gasteiger partial charge in [0.2, 0.25) is 0 Å². The fraction of sp³-hybridized carbons (Fsp3) is 0.609. The Morgan fingerprint density at radius 2 is 1.27 bits per heavy atom. The summed E-state index contributed by atoms with van der Waals surface area (Å²) in [6, 6.07) is 0. The van der Waals surface area contributed by atoms with Crippen LogP contribution >= 0.6 is 0 Å². The molecule has 3 nitrogen and oxygen atoms in total. The molecule has 0 atom stereocenters. The topological polar surface area (TPSA) is 35.5 Å². The highest BCUT2D eigenvalue weighted by molar-refractivity contribution is 5.69. The molecule has 3 heteroatoms. The molecule has 26 heavy (non-hydrogen) atoms. The molecule has 0 bridgehead atoms. The Morgan fingerprint density at radius 3 is 1.81 bits per heavy atom. The predicted octanol–water partition coefficient (Wildman–Crippen LogP) is 6.32. The zero-order chi connectivity index (χ0) is 19.1. The molecule has 0 fully saturated rings. The van der Waals surface area contributed by atoms with Crippen LogP contribution in [-0.2, 0) is 14.3 Å². The van der Waals surface area contributed by atoms with E-state index in [9.17, 15) is 4.79 Å². The maximum Gasteiger partial charge on any atom is 0.305 e. The van der Waals surface area contributed by atoms with Crippen molar-refractivity contribution in [2.75, 3.05) is 20.3 Å². The second-order valence-corrected chi connectivity index (χ2v) is 6.19. The molecule has 0 spiro atoms. The van der Waals surface area contributed by atoms with Gasteiger partial charge in [-0.05, 0) is 44.9 Å². The van der Waals surface area contributed by atoms with Gasteiger partial charge in [-0.1, -0.05) is 68.4 Å². The molecule has 0 aromatic carbocycles. The third-order valence-electron chi connectivity index (χ3n) is 3.76. The summed E-state index contributed by atoms with van der Waals surface area (Å²) in [5.41, 5.74) is 0. The van der Waals surface area contributed by atoms with Gasteiger partial charge in [-0.3, -0.25) is 4.79 Å². The zero-order valence-corrected chi connectivity index (χ0v) is 16.8. The zero-order valence-electron chi connectivity index (χ0n) is 16.8. The average Bonchev–Trinajstić information content (AvgIpc) is 2.64. The first-order valence-corrected chi connectivity index (χ1v) is 10.1. The lowest BCUT2D eigenvalue weighted by Crippen LogP contribution is -2.09. The predicted molar refractivity (Wildman–Crippen MR) is 111 cm³/mol. The van der Waals surface area contributed by atoms with Crippen LogP contribution in [0.2, 0.25) is 0 Å². The third kappa shape index (κ3) is 20.4. The van der Waals surface area contributed by atoms with Crippen molar-refractivity contribution in [1.29, 1.82) is 0 Å². The Labute approximate surface area is 160 Å². The minimum absolute atomic E-state index is 0.141. The maximum absolute atomic E-state index is 11.4. The monoisotopic (exact) mass is 362 g/mol. The van der Waals surface area contributed by atoms with Gasteiger partial charge in [-0.15, -0.1) is 0 Å². The van der Waals surface area contributed by atoms with Crippen molar-refractivity contribution in [1.82, 2.24) is 0 Å². The van der Waals surface area contributed by atoms with Crippen LogP contribution in [-0.4, -0.2) is 26.3 Å². The summed E-state index contributed by atoms with van der Waals surface area (Å²) in [7, 11) is 1.59. The van der Waals surface area contributed by atoms with E-state index in [-0.39, 0.29) is 5.97 Å². The molecule has 0 saturated heterocycles. The number of carbonyl (C=O) groups is 1.